The second-order valence-electron chi connectivity index (χ2n) is 9.10. The van der Waals surface area contributed by atoms with Gasteiger partial charge in [0.25, 0.3) is 0 Å². The van der Waals surface area contributed by atoms with Crippen molar-refractivity contribution in [1.82, 2.24) is 0 Å². The molecule has 0 radical (unpaired) electrons. The van der Waals surface area contributed by atoms with E-state index < -0.39 is 8.32 Å². The summed E-state index contributed by atoms with van der Waals surface area (Å²) in [6.45, 7) is 13.7. The highest BCUT2D eigenvalue weighted by molar-refractivity contribution is 7.99. The SMILES string of the molecule is Cc1ccc2c(c1)C1=C(C2)c2ccc(O[Si](C)(C)C(C)(C)C)cc2SC1. The van der Waals surface area contributed by atoms with E-state index in [1.54, 1.807) is 5.57 Å². The summed E-state index contributed by atoms with van der Waals surface area (Å²) in [6.07, 6.45) is 1.07. The van der Waals surface area contributed by atoms with E-state index in [1.165, 1.54) is 32.7 Å². The summed E-state index contributed by atoms with van der Waals surface area (Å²) < 4.78 is 6.53. The number of thioether (sulfide) groups is 1. The van der Waals surface area contributed by atoms with Gasteiger partial charge in [-0.15, -0.1) is 11.8 Å². The fourth-order valence-corrected chi connectivity index (χ4v) is 5.74. The second kappa shape index (κ2) is 6.03. The van der Waals surface area contributed by atoms with Crippen molar-refractivity contribution >= 4 is 31.2 Å². The Morgan fingerprint density at radius 1 is 0.962 bits per heavy atom. The highest BCUT2D eigenvalue weighted by atomic mass is 32.2. The molecular weight excluding hydrogens is 352 g/mol. The molecule has 0 saturated carbocycles. The van der Waals surface area contributed by atoms with Crippen LogP contribution in [0.15, 0.2) is 41.3 Å². The van der Waals surface area contributed by atoms with Crippen LogP contribution in [0, 0.1) is 6.92 Å². The molecule has 3 heteroatoms. The molecule has 0 N–H and O–H groups in total. The number of allylic oxidation sites excluding steroid dienone is 1. The Bertz CT molecular complexity index is 918. The van der Waals surface area contributed by atoms with E-state index in [1.807, 2.05) is 11.8 Å². The van der Waals surface area contributed by atoms with Gasteiger partial charge in [-0.1, -0.05) is 44.5 Å². The van der Waals surface area contributed by atoms with Crippen LogP contribution in [0.5, 0.6) is 5.75 Å². The quantitative estimate of drug-likeness (QED) is 0.521. The maximum Gasteiger partial charge on any atom is 0.250 e. The monoisotopic (exact) mass is 380 g/mol. The Hall–Kier alpha value is -1.45. The van der Waals surface area contributed by atoms with Crippen molar-refractivity contribution in [3.05, 3.63) is 58.7 Å². The molecule has 0 aromatic heterocycles. The summed E-state index contributed by atoms with van der Waals surface area (Å²) >= 11 is 1.96. The molecule has 1 aliphatic heterocycles. The lowest BCUT2D eigenvalue weighted by atomic mass is 10.0. The molecule has 0 saturated heterocycles. The first-order chi connectivity index (χ1) is 12.2. The molecule has 0 fully saturated rings. The summed E-state index contributed by atoms with van der Waals surface area (Å²) in [6, 6.07) is 13.7. The first-order valence-corrected chi connectivity index (χ1v) is 13.3. The lowest BCUT2D eigenvalue weighted by molar-refractivity contribution is 0.491. The highest BCUT2D eigenvalue weighted by Crippen LogP contribution is 2.49. The molecular formula is C23H28OSSi. The Morgan fingerprint density at radius 2 is 1.73 bits per heavy atom. The lowest BCUT2D eigenvalue weighted by Gasteiger charge is -2.36. The molecule has 0 spiro atoms. The normalized spacial score (nSPS) is 16.2. The number of hydrogen-bond acceptors (Lipinski definition) is 2. The van der Waals surface area contributed by atoms with E-state index in [0.717, 1.165) is 17.9 Å². The van der Waals surface area contributed by atoms with E-state index >= 15 is 0 Å². The number of benzene rings is 2. The van der Waals surface area contributed by atoms with Crippen LogP contribution in [0.2, 0.25) is 18.1 Å². The summed E-state index contributed by atoms with van der Waals surface area (Å²) in [4.78, 5) is 1.38. The summed E-state index contributed by atoms with van der Waals surface area (Å²) in [5.74, 6) is 2.11. The molecule has 136 valence electrons. The third-order valence-electron chi connectivity index (χ3n) is 6.15. The summed E-state index contributed by atoms with van der Waals surface area (Å²) in [5, 5.41) is 0.219. The molecule has 1 heterocycles. The Balaban J connectivity index is 1.68. The van der Waals surface area contributed by atoms with Gasteiger partial charge in [0.1, 0.15) is 5.75 Å². The van der Waals surface area contributed by atoms with Crippen molar-refractivity contribution in [1.29, 1.82) is 0 Å². The molecule has 0 atom stereocenters. The van der Waals surface area contributed by atoms with E-state index in [9.17, 15) is 0 Å². The third-order valence-corrected chi connectivity index (χ3v) is 11.6. The van der Waals surface area contributed by atoms with Crippen LogP contribution >= 0.6 is 11.8 Å². The molecule has 2 aromatic rings. The standard InChI is InChI=1S/C23H28OSSi/c1-15-7-8-16-12-20-18-10-9-17(24-26(5,6)23(2,3)4)13-22(18)25-14-21(20)19(16)11-15/h7-11,13H,12,14H2,1-6H3. The van der Waals surface area contributed by atoms with Crippen LogP contribution in [0.25, 0.3) is 11.1 Å². The molecule has 0 bridgehead atoms. The molecule has 4 rings (SSSR count). The Morgan fingerprint density at radius 3 is 2.46 bits per heavy atom. The van der Waals surface area contributed by atoms with E-state index in [-0.39, 0.29) is 5.04 Å². The average Bonchev–Trinajstić information content (AvgIpc) is 2.91. The van der Waals surface area contributed by atoms with Gasteiger partial charge in [-0.25, -0.2) is 0 Å². The van der Waals surface area contributed by atoms with Crippen LogP contribution in [0.4, 0.5) is 0 Å². The predicted molar refractivity (Wildman–Crippen MR) is 117 cm³/mol. The van der Waals surface area contributed by atoms with Crippen LogP contribution < -0.4 is 4.43 Å². The fraction of sp³-hybridized carbons (Fsp3) is 0.391. The van der Waals surface area contributed by atoms with Gasteiger partial charge in [-0.2, -0.15) is 0 Å². The molecule has 2 aliphatic rings. The molecule has 1 aliphatic carbocycles. The third kappa shape index (κ3) is 2.95. The largest absolute Gasteiger partial charge is 0.543 e. The number of hydrogen-bond donors (Lipinski definition) is 0. The van der Waals surface area contributed by atoms with Gasteiger partial charge in [0.15, 0.2) is 0 Å². The van der Waals surface area contributed by atoms with Gasteiger partial charge >= 0.3 is 0 Å². The van der Waals surface area contributed by atoms with E-state index in [4.69, 9.17) is 4.43 Å². The fourth-order valence-electron chi connectivity index (χ4n) is 3.54. The molecule has 1 nitrogen and oxygen atoms in total. The average molecular weight is 381 g/mol. The number of rotatable bonds is 2. The van der Waals surface area contributed by atoms with Crippen LogP contribution in [-0.4, -0.2) is 14.1 Å². The van der Waals surface area contributed by atoms with Crippen molar-refractivity contribution in [2.24, 2.45) is 0 Å². The molecule has 26 heavy (non-hydrogen) atoms. The van der Waals surface area contributed by atoms with Gasteiger partial charge in [0.05, 0.1) is 0 Å². The smallest absolute Gasteiger partial charge is 0.250 e. The van der Waals surface area contributed by atoms with Crippen molar-refractivity contribution in [2.45, 2.75) is 57.1 Å². The number of aryl methyl sites for hydroxylation is 1. The van der Waals surface area contributed by atoms with Gasteiger partial charge in [0, 0.05) is 10.6 Å². The topological polar surface area (TPSA) is 9.23 Å². The van der Waals surface area contributed by atoms with E-state index in [2.05, 4.69) is 77.2 Å². The zero-order chi connectivity index (χ0) is 18.7. The van der Waals surface area contributed by atoms with E-state index in [0.29, 0.717) is 0 Å². The minimum atomic E-state index is -1.80. The van der Waals surface area contributed by atoms with Crippen molar-refractivity contribution in [2.75, 3.05) is 5.75 Å². The first kappa shape index (κ1) is 17.9. The Labute approximate surface area is 163 Å². The summed E-state index contributed by atoms with van der Waals surface area (Å²) in [7, 11) is -1.80. The van der Waals surface area contributed by atoms with Crippen molar-refractivity contribution in [3.63, 3.8) is 0 Å². The zero-order valence-electron chi connectivity index (χ0n) is 16.7. The highest BCUT2D eigenvalue weighted by Gasteiger charge is 2.39. The van der Waals surface area contributed by atoms with Gasteiger partial charge in [0.2, 0.25) is 8.32 Å². The minimum absolute atomic E-state index is 0.219. The maximum absolute atomic E-state index is 6.53. The maximum atomic E-state index is 6.53. The molecule has 2 aromatic carbocycles. The van der Waals surface area contributed by atoms with Gasteiger partial charge < -0.3 is 4.43 Å². The van der Waals surface area contributed by atoms with Gasteiger partial charge in [-0.3, -0.25) is 0 Å². The molecule has 0 unspecified atom stereocenters. The van der Waals surface area contributed by atoms with Gasteiger partial charge in [-0.05, 0) is 77.5 Å². The molecule has 0 amide bonds. The summed E-state index contributed by atoms with van der Waals surface area (Å²) in [5.41, 5.74) is 8.78. The lowest BCUT2D eigenvalue weighted by Crippen LogP contribution is -2.43. The first-order valence-electron chi connectivity index (χ1n) is 9.44. The van der Waals surface area contributed by atoms with Crippen LogP contribution in [-0.2, 0) is 6.42 Å². The van der Waals surface area contributed by atoms with Crippen molar-refractivity contribution < 1.29 is 4.43 Å². The zero-order valence-corrected chi connectivity index (χ0v) is 18.5. The predicted octanol–water partition coefficient (Wildman–Crippen LogP) is 6.95. The van der Waals surface area contributed by atoms with Crippen molar-refractivity contribution in [3.8, 4) is 5.75 Å². The van der Waals surface area contributed by atoms with Crippen LogP contribution in [0.3, 0.4) is 0 Å². The van der Waals surface area contributed by atoms with Crippen LogP contribution in [0.1, 0.15) is 43.0 Å². The minimum Gasteiger partial charge on any atom is -0.543 e. The number of fused-ring (bicyclic) bond motifs is 4. The Kier molecular flexibility index (Phi) is 4.16. The second-order valence-corrected chi connectivity index (χ2v) is 14.8.